The van der Waals surface area contributed by atoms with Crippen molar-refractivity contribution in [1.82, 2.24) is 5.43 Å². The van der Waals surface area contributed by atoms with Crippen LogP contribution in [0, 0.1) is 6.92 Å². The highest BCUT2D eigenvalue weighted by atomic mass is 35.5. The SMILES string of the molecule is Cc1cc(Cl)ccc1OCC(=O)NN=Cc1ccc(Cl)c(Cl)c1. The summed E-state index contributed by atoms with van der Waals surface area (Å²) in [6, 6.07) is 10.2. The first kappa shape index (κ1) is 17.6. The van der Waals surface area contributed by atoms with Crippen LogP contribution in [0.15, 0.2) is 41.5 Å². The Morgan fingerprint density at radius 2 is 1.96 bits per heavy atom. The Bertz CT molecular complexity index is 748. The van der Waals surface area contributed by atoms with E-state index < -0.39 is 0 Å². The van der Waals surface area contributed by atoms with Crippen molar-refractivity contribution in [3.8, 4) is 5.75 Å². The van der Waals surface area contributed by atoms with Crippen molar-refractivity contribution in [3.05, 3.63) is 62.6 Å². The quantitative estimate of drug-likeness (QED) is 0.622. The number of hydrogen-bond donors (Lipinski definition) is 1. The molecule has 7 heteroatoms. The number of ether oxygens (including phenoxy) is 1. The van der Waals surface area contributed by atoms with Gasteiger partial charge in [-0.05, 0) is 48.4 Å². The van der Waals surface area contributed by atoms with E-state index in [2.05, 4.69) is 10.5 Å². The van der Waals surface area contributed by atoms with Gasteiger partial charge in [0.1, 0.15) is 5.75 Å². The van der Waals surface area contributed by atoms with Crippen LogP contribution < -0.4 is 10.2 Å². The van der Waals surface area contributed by atoms with Gasteiger partial charge in [0.2, 0.25) is 0 Å². The van der Waals surface area contributed by atoms with Crippen LogP contribution >= 0.6 is 34.8 Å². The lowest BCUT2D eigenvalue weighted by molar-refractivity contribution is -0.123. The molecule has 2 aromatic carbocycles. The molecule has 4 nitrogen and oxygen atoms in total. The average molecular weight is 372 g/mol. The van der Waals surface area contributed by atoms with Gasteiger partial charge < -0.3 is 4.74 Å². The number of halogens is 3. The second-order valence-corrected chi connectivity index (χ2v) is 5.92. The Morgan fingerprint density at radius 1 is 1.17 bits per heavy atom. The lowest BCUT2D eigenvalue weighted by Crippen LogP contribution is -2.24. The van der Waals surface area contributed by atoms with E-state index in [0.717, 1.165) is 5.56 Å². The molecule has 2 aromatic rings. The highest BCUT2D eigenvalue weighted by molar-refractivity contribution is 6.42. The third-order valence-corrected chi connectivity index (χ3v) is 3.82. The lowest BCUT2D eigenvalue weighted by atomic mass is 10.2. The largest absolute Gasteiger partial charge is 0.483 e. The summed E-state index contributed by atoms with van der Waals surface area (Å²) in [4.78, 5) is 11.7. The van der Waals surface area contributed by atoms with Crippen molar-refractivity contribution in [2.45, 2.75) is 6.92 Å². The van der Waals surface area contributed by atoms with Crippen LogP contribution in [-0.2, 0) is 4.79 Å². The molecule has 0 heterocycles. The summed E-state index contributed by atoms with van der Waals surface area (Å²) in [6.45, 7) is 1.70. The standard InChI is InChI=1S/C16H13Cl3N2O2/c1-10-6-12(17)3-5-15(10)23-9-16(22)21-20-8-11-2-4-13(18)14(19)7-11/h2-8H,9H2,1H3,(H,21,22). The molecule has 0 unspecified atom stereocenters. The lowest BCUT2D eigenvalue weighted by Gasteiger charge is -2.08. The van der Waals surface area contributed by atoms with Gasteiger partial charge in [-0.3, -0.25) is 4.79 Å². The van der Waals surface area contributed by atoms with E-state index in [4.69, 9.17) is 39.5 Å². The molecule has 2 rings (SSSR count). The minimum atomic E-state index is -0.379. The minimum Gasteiger partial charge on any atom is -0.483 e. The normalized spacial score (nSPS) is 10.8. The first-order valence-corrected chi connectivity index (χ1v) is 7.75. The fourth-order valence-electron chi connectivity index (χ4n) is 1.72. The fraction of sp³-hybridized carbons (Fsp3) is 0.125. The summed E-state index contributed by atoms with van der Waals surface area (Å²) in [5, 5.41) is 5.33. The molecule has 0 radical (unpaired) electrons. The molecule has 0 atom stereocenters. The first-order chi connectivity index (χ1) is 11.0. The molecule has 0 aromatic heterocycles. The molecule has 0 saturated heterocycles. The van der Waals surface area contributed by atoms with Crippen LogP contribution in [-0.4, -0.2) is 18.7 Å². The van der Waals surface area contributed by atoms with Crippen molar-refractivity contribution in [3.63, 3.8) is 0 Å². The zero-order chi connectivity index (χ0) is 16.8. The van der Waals surface area contributed by atoms with Gasteiger partial charge >= 0.3 is 0 Å². The number of amides is 1. The molecule has 1 N–H and O–H groups in total. The van der Waals surface area contributed by atoms with E-state index in [9.17, 15) is 4.79 Å². The average Bonchev–Trinajstić information content (AvgIpc) is 2.50. The van der Waals surface area contributed by atoms with E-state index in [0.29, 0.717) is 26.4 Å². The molecular formula is C16H13Cl3N2O2. The van der Waals surface area contributed by atoms with Gasteiger partial charge in [0, 0.05) is 5.02 Å². The molecule has 0 bridgehead atoms. The van der Waals surface area contributed by atoms with Crippen LogP contribution in [0.4, 0.5) is 0 Å². The summed E-state index contributed by atoms with van der Waals surface area (Å²) >= 11 is 17.6. The molecule has 0 spiro atoms. The van der Waals surface area contributed by atoms with Crippen LogP contribution in [0.2, 0.25) is 15.1 Å². The van der Waals surface area contributed by atoms with Gasteiger partial charge in [0.15, 0.2) is 6.61 Å². The van der Waals surface area contributed by atoms with Gasteiger partial charge in [0.25, 0.3) is 5.91 Å². The number of carbonyl (C=O) groups is 1. The molecule has 23 heavy (non-hydrogen) atoms. The summed E-state index contributed by atoms with van der Waals surface area (Å²) in [7, 11) is 0. The summed E-state index contributed by atoms with van der Waals surface area (Å²) in [5.41, 5.74) is 3.94. The van der Waals surface area contributed by atoms with Gasteiger partial charge in [-0.15, -0.1) is 0 Å². The second kappa shape index (κ2) is 8.20. The fourth-order valence-corrected chi connectivity index (χ4v) is 2.26. The van der Waals surface area contributed by atoms with Crippen LogP contribution in [0.3, 0.4) is 0 Å². The Labute approximate surface area is 149 Å². The Morgan fingerprint density at radius 3 is 2.65 bits per heavy atom. The highest BCUT2D eigenvalue weighted by Gasteiger charge is 2.04. The Hall–Kier alpha value is -1.75. The molecule has 0 aliphatic heterocycles. The summed E-state index contributed by atoms with van der Waals surface area (Å²) in [5.74, 6) is 0.216. The first-order valence-electron chi connectivity index (χ1n) is 6.61. The number of hydrazone groups is 1. The molecule has 0 aliphatic carbocycles. The maximum absolute atomic E-state index is 11.7. The van der Waals surface area contributed by atoms with Gasteiger partial charge in [-0.2, -0.15) is 5.10 Å². The van der Waals surface area contributed by atoms with Crippen LogP contribution in [0.25, 0.3) is 0 Å². The number of rotatable bonds is 5. The molecule has 1 amide bonds. The molecule has 0 aliphatic rings. The zero-order valence-corrected chi connectivity index (χ0v) is 14.4. The second-order valence-electron chi connectivity index (χ2n) is 4.67. The molecular weight excluding hydrogens is 359 g/mol. The monoisotopic (exact) mass is 370 g/mol. The van der Waals surface area contributed by atoms with Crippen LogP contribution in [0.5, 0.6) is 5.75 Å². The number of benzene rings is 2. The van der Waals surface area contributed by atoms with E-state index in [-0.39, 0.29) is 12.5 Å². The predicted octanol–water partition coefficient (Wildman–Crippen LogP) is 4.48. The number of nitrogens with one attached hydrogen (secondary N) is 1. The number of hydrogen-bond acceptors (Lipinski definition) is 3. The molecule has 0 fully saturated rings. The highest BCUT2D eigenvalue weighted by Crippen LogP contribution is 2.22. The Kier molecular flexibility index (Phi) is 6.28. The summed E-state index contributed by atoms with van der Waals surface area (Å²) in [6.07, 6.45) is 1.47. The van der Waals surface area contributed by atoms with Crippen molar-refractivity contribution in [2.75, 3.05) is 6.61 Å². The van der Waals surface area contributed by atoms with E-state index >= 15 is 0 Å². The van der Waals surface area contributed by atoms with Crippen molar-refractivity contribution >= 4 is 46.9 Å². The number of carbonyl (C=O) groups excluding carboxylic acids is 1. The van der Waals surface area contributed by atoms with Crippen molar-refractivity contribution in [2.24, 2.45) is 5.10 Å². The van der Waals surface area contributed by atoms with Gasteiger partial charge in [0.05, 0.1) is 16.3 Å². The van der Waals surface area contributed by atoms with Crippen molar-refractivity contribution in [1.29, 1.82) is 0 Å². The third kappa shape index (κ3) is 5.43. The van der Waals surface area contributed by atoms with E-state index in [1.807, 2.05) is 6.92 Å². The van der Waals surface area contributed by atoms with E-state index in [1.165, 1.54) is 6.21 Å². The smallest absolute Gasteiger partial charge is 0.277 e. The number of aryl methyl sites for hydroxylation is 1. The van der Waals surface area contributed by atoms with Crippen molar-refractivity contribution < 1.29 is 9.53 Å². The Balaban J connectivity index is 1.85. The maximum Gasteiger partial charge on any atom is 0.277 e. The molecule has 0 saturated carbocycles. The van der Waals surface area contributed by atoms with E-state index in [1.54, 1.807) is 36.4 Å². The maximum atomic E-state index is 11.7. The predicted molar refractivity (Wildman–Crippen MR) is 93.9 cm³/mol. The third-order valence-electron chi connectivity index (χ3n) is 2.84. The topological polar surface area (TPSA) is 50.7 Å². The minimum absolute atomic E-state index is 0.152. The zero-order valence-electron chi connectivity index (χ0n) is 12.1. The van der Waals surface area contributed by atoms with Crippen LogP contribution in [0.1, 0.15) is 11.1 Å². The number of nitrogens with zero attached hydrogens (tertiary/aromatic N) is 1. The van der Waals surface area contributed by atoms with Gasteiger partial charge in [-0.1, -0.05) is 40.9 Å². The van der Waals surface area contributed by atoms with Gasteiger partial charge in [-0.25, -0.2) is 5.43 Å². The molecule has 120 valence electrons. The summed E-state index contributed by atoms with van der Waals surface area (Å²) < 4.78 is 5.41.